The van der Waals surface area contributed by atoms with Gasteiger partial charge in [0, 0.05) is 0 Å². The Bertz CT molecular complexity index is 361. The van der Waals surface area contributed by atoms with Crippen molar-refractivity contribution < 1.29 is 9.53 Å². The van der Waals surface area contributed by atoms with Crippen molar-refractivity contribution in [1.29, 1.82) is 0 Å². The number of aryl methyl sites for hydroxylation is 1. The van der Waals surface area contributed by atoms with E-state index in [-0.39, 0.29) is 12.2 Å². The molecule has 0 fully saturated rings. The Morgan fingerprint density at radius 3 is 3.00 bits per heavy atom. The van der Waals surface area contributed by atoms with E-state index in [2.05, 4.69) is 0 Å². The molecule has 1 rings (SSSR count). The van der Waals surface area contributed by atoms with Crippen molar-refractivity contribution in [3.05, 3.63) is 29.8 Å². The SMILES string of the molecule is C#CC(=O)CCOc1cccc(C)c1. The Labute approximate surface area is 83.9 Å². The van der Waals surface area contributed by atoms with E-state index in [9.17, 15) is 4.79 Å². The van der Waals surface area contributed by atoms with Gasteiger partial charge in [0.2, 0.25) is 5.78 Å². The van der Waals surface area contributed by atoms with Gasteiger partial charge in [-0.05, 0) is 30.5 Å². The Hall–Kier alpha value is -1.75. The molecule has 0 heterocycles. The molecule has 0 radical (unpaired) electrons. The first kappa shape index (κ1) is 10.3. The number of ketones is 1. The largest absolute Gasteiger partial charge is 0.493 e. The van der Waals surface area contributed by atoms with Gasteiger partial charge in [-0.3, -0.25) is 4.79 Å². The van der Waals surface area contributed by atoms with Crippen molar-refractivity contribution in [1.82, 2.24) is 0 Å². The van der Waals surface area contributed by atoms with Crippen LogP contribution >= 0.6 is 0 Å². The van der Waals surface area contributed by atoms with E-state index in [1.165, 1.54) is 0 Å². The van der Waals surface area contributed by atoms with Crippen molar-refractivity contribution in [2.24, 2.45) is 0 Å². The molecule has 0 saturated heterocycles. The average Bonchev–Trinajstić information content (AvgIpc) is 2.17. The van der Waals surface area contributed by atoms with Crippen LogP contribution in [0.1, 0.15) is 12.0 Å². The summed E-state index contributed by atoms with van der Waals surface area (Å²) in [4.78, 5) is 10.8. The first-order valence-corrected chi connectivity index (χ1v) is 4.41. The van der Waals surface area contributed by atoms with E-state index in [4.69, 9.17) is 11.2 Å². The second kappa shape index (κ2) is 5.08. The molecular weight excluding hydrogens is 176 g/mol. The molecule has 1 aromatic carbocycles. The van der Waals surface area contributed by atoms with Crippen LogP contribution in [-0.2, 0) is 4.79 Å². The van der Waals surface area contributed by atoms with Gasteiger partial charge in [0.25, 0.3) is 0 Å². The third kappa shape index (κ3) is 3.32. The van der Waals surface area contributed by atoms with E-state index in [0.29, 0.717) is 6.61 Å². The standard InChI is InChI=1S/C12H12O2/c1-3-11(13)7-8-14-12-6-4-5-10(2)9-12/h1,4-6,9H,7-8H2,2H3. The fourth-order valence-electron chi connectivity index (χ4n) is 1.04. The highest BCUT2D eigenvalue weighted by Crippen LogP contribution is 2.12. The lowest BCUT2D eigenvalue weighted by molar-refractivity contribution is -0.114. The van der Waals surface area contributed by atoms with Gasteiger partial charge < -0.3 is 4.74 Å². The zero-order valence-electron chi connectivity index (χ0n) is 8.12. The second-order valence-corrected chi connectivity index (χ2v) is 2.98. The third-order valence-corrected chi connectivity index (χ3v) is 1.75. The number of ether oxygens (including phenoxy) is 1. The molecule has 2 heteroatoms. The Balaban J connectivity index is 2.39. The summed E-state index contributed by atoms with van der Waals surface area (Å²) in [5.74, 6) is 2.59. The molecular formula is C12H12O2. The topological polar surface area (TPSA) is 26.3 Å². The number of Topliss-reactive ketones (excluding diaryl/α,β-unsaturated/α-hetero) is 1. The van der Waals surface area contributed by atoms with Gasteiger partial charge in [-0.25, -0.2) is 0 Å². The number of carbonyl (C=O) groups excluding carboxylic acids is 1. The average molecular weight is 188 g/mol. The first-order valence-electron chi connectivity index (χ1n) is 4.41. The predicted molar refractivity (Wildman–Crippen MR) is 55.1 cm³/mol. The van der Waals surface area contributed by atoms with Gasteiger partial charge >= 0.3 is 0 Å². The van der Waals surface area contributed by atoms with Crippen LogP contribution in [-0.4, -0.2) is 12.4 Å². The van der Waals surface area contributed by atoms with Crippen molar-refractivity contribution in [2.75, 3.05) is 6.61 Å². The van der Waals surface area contributed by atoms with Crippen LogP contribution in [0.25, 0.3) is 0 Å². The number of rotatable bonds is 4. The maximum atomic E-state index is 10.8. The van der Waals surface area contributed by atoms with E-state index in [1.807, 2.05) is 37.1 Å². The molecule has 1 aromatic rings. The number of hydrogen-bond acceptors (Lipinski definition) is 2. The van der Waals surface area contributed by atoms with Gasteiger partial charge in [-0.2, -0.15) is 0 Å². The fourth-order valence-corrected chi connectivity index (χ4v) is 1.04. The quantitative estimate of drug-likeness (QED) is 0.533. The molecule has 0 amide bonds. The minimum Gasteiger partial charge on any atom is -0.493 e. The highest BCUT2D eigenvalue weighted by Gasteiger charge is 1.97. The predicted octanol–water partition coefficient (Wildman–Crippen LogP) is 1.97. The normalized spacial score (nSPS) is 9.14. The van der Waals surface area contributed by atoms with E-state index < -0.39 is 0 Å². The Morgan fingerprint density at radius 2 is 2.36 bits per heavy atom. The lowest BCUT2D eigenvalue weighted by atomic mass is 10.2. The van der Waals surface area contributed by atoms with Crippen molar-refractivity contribution in [3.63, 3.8) is 0 Å². The minimum absolute atomic E-state index is 0.224. The fraction of sp³-hybridized carbons (Fsp3) is 0.250. The van der Waals surface area contributed by atoms with Crippen LogP contribution in [0.5, 0.6) is 5.75 Å². The van der Waals surface area contributed by atoms with Crippen molar-refractivity contribution in [2.45, 2.75) is 13.3 Å². The summed E-state index contributed by atoms with van der Waals surface area (Å²) in [7, 11) is 0. The van der Waals surface area contributed by atoms with Crippen molar-refractivity contribution in [3.8, 4) is 18.1 Å². The summed E-state index contributed by atoms with van der Waals surface area (Å²) in [6.07, 6.45) is 5.19. The van der Waals surface area contributed by atoms with Crippen LogP contribution < -0.4 is 4.74 Å². The lowest BCUT2D eigenvalue weighted by Gasteiger charge is -2.04. The van der Waals surface area contributed by atoms with Crippen LogP contribution in [0.2, 0.25) is 0 Å². The summed E-state index contributed by atoms with van der Waals surface area (Å²) < 4.78 is 5.34. The summed E-state index contributed by atoms with van der Waals surface area (Å²) in [5, 5.41) is 0. The van der Waals surface area contributed by atoms with Gasteiger partial charge in [-0.1, -0.05) is 12.1 Å². The van der Waals surface area contributed by atoms with E-state index in [1.54, 1.807) is 0 Å². The highest BCUT2D eigenvalue weighted by atomic mass is 16.5. The second-order valence-electron chi connectivity index (χ2n) is 2.98. The molecule has 0 unspecified atom stereocenters. The molecule has 0 aromatic heterocycles. The molecule has 0 saturated carbocycles. The third-order valence-electron chi connectivity index (χ3n) is 1.75. The number of terminal acetylenes is 1. The molecule has 72 valence electrons. The molecule has 0 aliphatic rings. The summed E-state index contributed by atoms with van der Waals surface area (Å²) in [6.45, 7) is 2.33. The number of carbonyl (C=O) groups is 1. The monoisotopic (exact) mass is 188 g/mol. The van der Waals surface area contributed by atoms with Crippen LogP contribution in [0.4, 0.5) is 0 Å². The molecule has 14 heavy (non-hydrogen) atoms. The molecule has 0 atom stereocenters. The maximum Gasteiger partial charge on any atom is 0.208 e. The van der Waals surface area contributed by atoms with Gasteiger partial charge in [0.05, 0.1) is 13.0 Å². The van der Waals surface area contributed by atoms with Crippen molar-refractivity contribution >= 4 is 5.78 Å². The number of benzene rings is 1. The van der Waals surface area contributed by atoms with Crippen LogP contribution in [0.15, 0.2) is 24.3 Å². The Morgan fingerprint density at radius 1 is 1.57 bits per heavy atom. The summed E-state index contributed by atoms with van der Waals surface area (Å²) in [6, 6.07) is 7.67. The minimum atomic E-state index is -0.224. The molecule has 0 bridgehead atoms. The van der Waals surface area contributed by atoms with Gasteiger partial charge in [0.1, 0.15) is 5.75 Å². The number of hydrogen-bond donors (Lipinski definition) is 0. The zero-order valence-corrected chi connectivity index (χ0v) is 8.12. The summed E-state index contributed by atoms with van der Waals surface area (Å²) >= 11 is 0. The Kier molecular flexibility index (Phi) is 3.75. The molecule has 2 nitrogen and oxygen atoms in total. The zero-order chi connectivity index (χ0) is 10.4. The maximum absolute atomic E-state index is 10.8. The van der Waals surface area contributed by atoms with Gasteiger partial charge in [-0.15, -0.1) is 6.42 Å². The lowest BCUT2D eigenvalue weighted by Crippen LogP contribution is -2.03. The molecule has 0 N–H and O–H groups in total. The summed E-state index contributed by atoms with van der Waals surface area (Å²) in [5.41, 5.74) is 1.13. The smallest absolute Gasteiger partial charge is 0.208 e. The van der Waals surface area contributed by atoms with Crippen LogP contribution in [0, 0.1) is 19.3 Å². The molecule has 0 aliphatic heterocycles. The van der Waals surface area contributed by atoms with E-state index in [0.717, 1.165) is 11.3 Å². The molecule has 0 spiro atoms. The highest BCUT2D eigenvalue weighted by molar-refractivity contribution is 5.94. The van der Waals surface area contributed by atoms with Crippen LogP contribution in [0.3, 0.4) is 0 Å². The van der Waals surface area contributed by atoms with Gasteiger partial charge in [0.15, 0.2) is 0 Å². The van der Waals surface area contributed by atoms with E-state index >= 15 is 0 Å². The molecule has 0 aliphatic carbocycles. The first-order chi connectivity index (χ1) is 6.72.